The van der Waals surface area contributed by atoms with Crippen molar-refractivity contribution < 1.29 is 19.0 Å². The highest BCUT2D eigenvalue weighted by Crippen LogP contribution is 2.36. The summed E-state index contributed by atoms with van der Waals surface area (Å²) in [5.74, 6) is 0.709. The minimum atomic E-state index is -0.535. The molecule has 0 aliphatic carbocycles. The van der Waals surface area contributed by atoms with Crippen LogP contribution in [-0.4, -0.2) is 31.9 Å². The number of nitrogens with one attached hydrogen (secondary N) is 2. The summed E-state index contributed by atoms with van der Waals surface area (Å²) in [6.07, 6.45) is 0. The van der Waals surface area contributed by atoms with Crippen LogP contribution >= 0.6 is 23.8 Å². The summed E-state index contributed by atoms with van der Waals surface area (Å²) in [6.45, 7) is 2.37. The van der Waals surface area contributed by atoms with E-state index in [1.807, 2.05) is 31.2 Å². The third kappa shape index (κ3) is 4.46. The van der Waals surface area contributed by atoms with Crippen LogP contribution in [0.4, 0.5) is 0 Å². The van der Waals surface area contributed by atoms with Crippen molar-refractivity contribution in [3.05, 3.63) is 64.2 Å². The Bertz CT molecular complexity index is 960. The van der Waals surface area contributed by atoms with E-state index in [0.717, 1.165) is 11.1 Å². The van der Waals surface area contributed by atoms with Crippen LogP contribution in [0.3, 0.4) is 0 Å². The summed E-state index contributed by atoms with van der Waals surface area (Å²) in [5, 5.41) is 7.22. The van der Waals surface area contributed by atoms with E-state index in [2.05, 4.69) is 10.6 Å². The fraction of sp³-hybridized carbons (Fsp3) is 0.238. The van der Waals surface area contributed by atoms with Crippen molar-refractivity contribution in [3.8, 4) is 11.5 Å². The number of benzene rings is 2. The van der Waals surface area contributed by atoms with Crippen LogP contribution in [0.15, 0.2) is 48.0 Å². The molecule has 8 heteroatoms. The lowest BCUT2D eigenvalue weighted by atomic mass is 9.92. The first-order valence-electron chi connectivity index (χ1n) is 8.95. The lowest BCUT2D eigenvalue weighted by molar-refractivity contribution is -0.136. The van der Waals surface area contributed by atoms with Crippen LogP contribution in [-0.2, 0) is 9.53 Å². The molecule has 0 saturated heterocycles. The highest BCUT2D eigenvalue weighted by Gasteiger charge is 2.33. The average Bonchev–Trinajstić information content (AvgIpc) is 2.73. The number of hydrogen-bond donors (Lipinski definition) is 2. The van der Waals surface area contributed by atoms with E-state index in [0.29, 0.717) is 39.5 Å². The van der Waals surface area contributed by atoms with Gasteiger partial charge in [-0.2, -0.15) is 0 Å². The second-order valence-corrected chi connectivity index (χ2v) is 7.01. The van der Waals surface area contributed by atoms with Crippen molar-refractivity contribution in [3.63, 3.8) is 0 Å². The van der Waals surface area contributed by atoms with E-state index in [1.165, 1.54) is 7.11 Å². The monoisotopic (exact) mass is 432 g/mol. The normalized spacial score (nSPS) is 16.0. The predicted molar refractivity (Wildman–Crippen MR) is 116 cm³/mol. The quantitative estimate of drug-likeness (QED) is 0.530. The van der Waals surface area contributed by atoms with Gasteiger partial charge in [0.25, 0.3) is 0 Å². The Morgan fingerprint density at radius 1 is 1.14 bits per heavy atom. The first-order valence-corrected chi connectivity index (χ1v) is 9.73. The van der Waals surface area contributed by atoms with E-state index < -0.39 is 12.0 Å². The number of thiocarbonyl (C=S) groups is 1. The van der Waals surface area contributed by atoms with E-state index in [1.54, 1.807) is 25.3 Å². The SMILES string of the molecule is CCOc1cc([C@@H]2NC(=S)NC(c3ccc(Cl)cc3)=C2C(=O)OC)ccc1OC. The van der Waals surface area contributed by atoms with Crippen molar-refractivity contribution in [2.75, 3.05) is 20.8 Å². The lowest BCUT2D eigenvalue weighted by Gasteiger charge is -2.31. The van der Waals surface area contributed by atoms with Gasteiger partial charge in [0, 0.05) is 5.02 Å². The molecule has 2 N–H and O–H groups in total. The largest absolute Gasteiger partial charge is 0.493 e. The molecule has 6 nitrogen and oxygen atoms in total. The van der Waals surface area contributed by atoms with Gasteiger partial charge >= 0.3 is 5.97 Å². The van der Waals surface area contributed by atoms with Gasteiger partial charge in [0.05, 0.1) is 38.1 Å². The Morgan fingerprint density at radius 2 is 1.86 bits per heavy atom. The minimum Gasteiger partial charge on any atom is -0.493 e. The van der Waals surface area contributed by atoms with Gasteiger partial charge in [0.1, 0.15) is 0 Å². The van der Waals surface area contributed by atoms with Crippen molar-refractivity contribution in [2.24, 2.45) is 0 Å². The molecule has 2 aromatic rings. The maximum Gasteiger partial charge on any atom is 0.338 e. The summed E-state index contributed by atoms with van der Waals surface area (Å²) in [5.41, 5.74) is 2.51. The molecule has 0 unspecified atom stereocenters. The fourth-order valence-corrected chi connectivity index (χ4v) is 3.48. The lowest BCUT2D eigenvalue weighted by Crippen LogP contribution is -2.45. The molecule has 1 atom stereocenters. The molecule has 1 aliphatic rings. The Labute approximate surface area is 179 Å². The first-order chi connectivity index (χ1) is 14.0. The Kier molecular flexibility index (Phi) is 6.61. The van der Waals surface area contributed by atoms with Gasteiger partial charge in [-0.25, -0.2) is 4.79 Å². The van der Waals surface area contributed by atoms with E-state index in [4.69, 9.17) is 38.0 Å². The average molecular weight is 433 g/mol. The van der Waals surface area contributed by atoms with E-state index >= 15 is 0 Å². The number of carbonyl (C=O) groups is 1. The molecule has 29 heavy (non-hydrogen) atoms. The Hall–Kier alpha value is -2.77. The first kappa shape index (κ1) is 21.0. The molecule has 0 spiro atoms. The van der Waals surface area contributed by atoms with Crippen LogP contribution in [0.1, 0.15) is 24.1 Å². The van der Waals surface area contributed by atoms with Crippen LogP contribution in [0.5, 0.6) is 11.5 Å². The van der Waals surface area contributed by atoms with Gasteiger partial charge in [-0.1, -0.05) is 29.8 Å². The third-order valence-electron chi connectivity index (χ3n) is 4.43. The minimum absolute atomic E-state index is 0.390. The zero-order chi connectivity index (χ0) is 21.0. The number of rotatable bonds is 6. The zero-order valence-electron chi connectivity index (χ0n) is 16.2. The number of methoxy groups -OCH3 is 2. The van der Waals surface area contributed by atoms with Crippen LogP contribution in [0.25, 0.3) is 5.70 Å². The maximum absolute atomic E-state index is 12.8. The van der Waals surface area contributed by atoms with E-state index in [-0.39, 0.29) is 0 Å². The highest BCUT2D eigenvalue weighted by atomic mass is 35.5. The topological polar surface area (TPSA) is 68.8 Å². The molecule has 0 bridgehead atoms. The number of carbonyl (C=O) groups excluding carboxylic acids is 1. The summed E-state index contributed by atoms with van der Waals surface area (Å²) in [7, 11) is 2.92. The molecule has 0 radical (unpaired) electrons. The number of esters is 1. The molecule has 0 amide bonds. The predicted octanol–water partition coefficient (Wildman–Crippen LogP) is 3.85. The van der Waals surface area contributed by atoms with Crippen molar-refractivity contribution >= 4 is 40.6 Å². The van der Waals surface area contributed by atoms with Crippen molar-refractivity contribution in [1.29, 1.82) is 0 Å². The molecule has 0 aromatic heterocycles. The molecule has 0 fully saturated rings. The molecule has 0 saturated carbocycles. The smallest absolute Gasteiger partial charge is 0.338 e. The highest BCUT2D eigenvalue weighted by molar-refractivity contribution is 7.80. The number of hydrogen-bond acceptors (Lipinski definition) is 5. The summed E-state index contributed by atoms with van der Waals surface area (Å²) in [4.78, 5) is 12.8. The van der Waals surface area contributed by atoms with Gasteiger partial charge in [0.2, 0.25) is 0 Å². The molecule has 1 heterocycles. The van der Waals surface area contributed by atoms with Crippen LogP contribution in [0, 0.1) is 0 Å². The Morgan fingerprint density at radius 3 is 2.48 bits per heavy atom. The van der Waals surface area contributed by atoms with Gasteiger partial charge in [-0.05, 0) is 54.5 Å². The van der Waals surface area contributed by atoms with Crippen LogP contribution < -0.4 is 20.1 Å². The molecular weight excluding hydrogens is 412 g/mol. The maximum atomic E-state index is 12.8. The van der Waals surface area contributed by atoms with Gasteiger partial charge in [-0.3, -0.25) is 0 Å². The second-order valence-electron chi connectivity index (χ2n) is 6.16. The van der Waals surface area contributed by atoms with Crippen LogP contribution in [0.2, 0.25) is 5.02 Å². The number of halogens is 1. The molecule has 3 rings (SSSR count). The molecule has 2 aromatic carbocycles. The summed E-state index contributed by atoms with van der Waals surface area (Å²) >= 11 is 11.4. The zero-order valence-corrected chi connectivity index (χ0v) is 17.8. The molecule has 1 aliphatic heterocycles. The fourth-order valence-electron chi connectivity index (χ4n) is 3.13. The molecular formula is C21H21ClN2O4S. The van der Waals surface area contributed by atoms with Gasteiger partial charge in [0.15, 0.2) is 16.6 Å². The Balaban J connectivity index is 2.17. The van der Waals surface area contributed by atoms with Gasteiger partial charge in [-0.15, -0.1) is 0 Å². The second kappa shape index (κ2) is 9.15. The summed E-state index contributed by atoms with van der Waals surface area (Å²) in [6, 6.07) is 12.1. The summed E-state index contributed by atoms with van der Waals surface area (Å²) < 4.78 is 16.1. The van der Waals surface area contributed by atoms with E-state index in [9.17, 15) is 4.79 Å². The van der Waals surface area contributed by atoms with Crippen molar-refractivity contribution in [1.82, 2.24) is 10.6 Å². The third-order valence-corrected chi connectivity index (χ3v) is 4.90. The molecule has 152 valence electrons. The van der Waals surface area contributed by atoms with Crippen molar-refractivity contribution in [2.45, 2.75) is 13.0 Å². The number of ether oxygens (including phenoxy) is 3. The standard InChI is InChI=1S/C21H21ClN2O4S/c1-4-28-16-11-13(7-10-15(16)26-2)19-17(20(25)27-3)18(23-21(29)24-19)12-5-8-14(22)9-6-12/h5-11,19H,4H2,1-3H3,(H2,23,24,29)/t19-/m0/s1. The van der Waals surface area contributed by atoms with Gasteiger partial charge < -0.3 is 24.8 Å².